The number of nitrogens with zero attached hydrogens (tertiary/aromatic N) is 1. The van der Waals surface area contributed by atoms with Gasteiger partial charge < -0.3 is 5.73 Å². The number of hydrogen-bond acceptors (Lipinski definition) is 3. The summed E-state index contributed by atoms with van der Waals surface area (Å²) in [5.41, 5.74) is 6.03. The van der Waals surface area contributed by atoms with E-state index >= 15 is 0 Å². The largest absolute Gasteiger partial charge is 0.315 e. The van der Waals surface area contributed by atoms with Gasteiger partial charge in [-0.3, -0.25) is 0 Å². The lowest BCUT2D eigenvalue weighted by Gasteiger charge is -2.36. The molecule has 2 N–H and O–H groups in total. The summed E-state index contributed by atoms with van der Waals surface area (Å²) in [5.74, 6) is 0.463. The Morgan fingerprint density at radius 1 is 1.35 bits per heavy atom. The predicted molar refractivity (Wildman–Crippen MR) is 70.9 cm³/mol. The first-order valence-corrected chi connectivity index (χ1v) is 7.99. The Kier molecular flexibility index (Phi) is 4.60. The molecule has 102 valence electrons. The van der Waals surface area contributed by atoms with Crippen molar-refractivity contribution < 1.29 is 8.42 Å². The Bertz CT molecular complexity index is 346. The third-order valence-corrected chi connectivity index (χ3v) is 5.28. The van der Waals surface area contributed by atoms with E-state index < -0.39 is 10.0 Å². The Morgan fingerprint density at radius 2 is 1.94 bits per heavy atom. The molecule has 1 heterocycles. The quantitative estimate of drug-likeness (QED) is 0.843. The second-order valence-electron chi connectivity index (χ2n) is 6.35. The van der Waals surface area contributed by atoms with E-state index in [1.165, 1.54) is 4.31 Å². The van der Waals surface area contributed by atoms with Crippen LogP contribution in [-0.4, -0.2) is 31.2 Å². The first-order chi connectivity index (χ1) is 7.63. The van der Waals surface area contributed by atoms with E-state index in [0.717, 1.165) is 12.8 Å². The second-order valence-corrected chi connectivity index (χ2v) is 8.39. The maximum atomic E-state index is 12.2. The van der Waals surface area contributed by atoms with Crippen LogP contribution in [0.2, 0.25) is 0 Å². The molecule has 0 radical (unpaired) electrons. The summed E-state index contributed by atoms with van der Waals surface area (Å²) in [6.45, 7) is 8.78. The van der Waals surface area contributed by atoms with E-state index in [1.54, 1.807) is 0 Å². The van der Waals surface area contributed by atoms with E-state index in [0.29, 0.717) is 13.0 Å². The fourth-order valence-corrected chi connectivity index (χ4v) is 4.14. The topological polar surface area (TPSA) is 63.4 Å². The monoisotopic (exact) mass is 262 g/mol. The fourth-order valence-electron chi connectivity index (χ4n) is 2.05. The van der Waals surface area contributed by atoms with E-state index in [-0.39, 0.29) is 23.3 Å². The van der Waals surface area contributed by atoms with Gasteiger partial charge in [-0.15, -0.1) is 0 Å². The Hall–Kier alpha value is -0.130. The van der Waals surface area contributed by atoms with E-state index in [9.17, 15) is 8.42 Å². The molecule has 1 saturated heterocycles. The van der Waals surface area contributed by atoms with Gasteiger partial charge in [-0.2, -0.15) is 4.31 Å². The minimum atomic E-state index is -3.19. The highest BCUT2D eigenvalue weighted by Crippen LogP contribution is 2.25. The van der Waals surface area contributed by atoms with Gasteiger partial charge in [-0.05, 0) is 30.6 Å². The molecule has 0 aromatic heterocycles. The summed E-state index contributed by atoms with van der Waals surface area (Å²) in [6, 6.07) is 0. The molecule has 0 spiro atoms. The van der Waals surface area contributed by atoms with Crippen LogP contribution in [-0.2, 0) is 10.0 Å². The average Bonchev–Trinajstić information content (AvgIpc) is 2.18. The molecule has 0 amide bonds. The molecular weight excluding hydrogens is 236 g/mol. The maximum absolute atomic E-state index is 12.2. The molecule has 0 aromatic carbocycles. The molecule has 0 bridgehead atoms. The lowest BCUT2D eigenvalue weighted by atomic mass is 9.94. The highest BCUT2D eigenvalue weighted by Gasteiger charge is 2.34. The predicted octanol–water partition coefficient (Wildman–Crippen LogP) is 1.77. The molecule has 1 aliphatic rings. The van der Waals surface area contributed by atoms with Crippen molar-refractivity contribution >= 4 is 10.0 Å². The number of rotatable bonds is 3. The molecule has 2 unspecified atom stereocenters. The maximum Gasteiger partial charge on any atom is 0.215 e. The third kappa shape index (κ3) is 4.23. The van der Waals surface area contributed by atoms with Crippen LogP contribution in [0.5, 0.6) is 0 Å². The summed E-state index contributed by atoms with van der Waals surface area (Å²) in [7, 11) is -3.19. The number of hydrogen-bond donors (Lipinski definition) is 1. The molecule has 1 aliphatic heterocycles. The zero-order valence-corrected chi connectivity index (χ0v) is 12.3. The molecule has 5 heteroatoms. The Labute approximate surface area is 106 Å². The second kappa shape index (κ2) is 5.24. The van der Waals surface area contributed by atoms with Crippen LogP contribution >= 0.6 is 0 Å². The van der Waals surface area contributed by atoms with Crippen molar-refractivity contribution in [3.63, 3.8) is 0 Å². The molecule has 2 atom stereocenters. The summed E-state index contributed by atoms with van der Waals surface area (Å²) in [4.78, 5) is 0. The highest BCUT2D eigenvalue weighted by molar-refractivity contribution is 7.89. The van der Waals surface area contributed by atoms with E-state index in [4.69, 9.17) is 5.73 Å². The summed E-state index contributed by atoms with van der Waals surface area (Å²) < 4.78 is 26.0. The number of piperidine rings is 1. The molecule has 0 aromatic rings. The van der Waals surface area contributed by atoms with E-state index in [2.05, 4.69) is 20.8 Å². The minimum Gasteiger partial charge on any atom is -0.315 e. The molecule has 1 fully saturated rings. The standard InChI is InChI=1S/C12H26N2O2S/c1-10-6-5-8-14(11(10)13)17(15,16)9-7-12(2,3)4/h10-11H,5-9,13H2,1-4H3. The molecule has 1 rings (SSSR count). The van der Waals surface area contributed by atoms with Crippen LogP contribution in [0.4, 0.5) is 0 Å². The van der Waals surface area contributed by atoms with Gasteiger partial charge in [-0.25, -0.2) is 8.42 Å². The highest BCUT2D eigenvalue weighted by atomic mass is 32.2. The van der Waals surface area contributed by atoms with Crippen molar-refractivity contribution in [2.45, 2.75) is 53.1 Å². The Balaban J connectivity index is 2.69. The third-order valence-electron chi connectivity index (χ3n) is 3.42. The molecule has 4 nitrogen and oxygen atoms in total. The van der Waals surface area contributed by atoms with Crippen molar-refractivity contribution in [2.24, 2.45) is 17.1 Å². The van der Waals surface area contributed by atoms with Gasteiger partial charge in [0.15, 0.2) is 0 Å². The molecule has 17 heavy (non-hydrogen) atoms. The first kappa shape index (κ1) is 14.9. The number of nitrogens with two attached hydrogens (primary N) is 1. The average molecular weight is 262 g/mol. The minimum absolute atomic E-state index is 0.0402. The van der Waals surface area contributed by atoms with E-state index in [1.807, 2.05) is 6.92 Å². The normalized spacial score (nSPS) is 28.3. The van der Waals surface area contributed by atoms with Crippen molar-refractivity contribution in [1.82, 2.24) is 4.31 Å². The SMILES string of the molecule is CC1CCCN(S(=O)(=O)CCC(C)(C)C)C1N. The van der Waals surface area contributed by atoms with Gasteiger partial charge in [0, 0.05) is 6.54 Å². The van der Waals surface area contributed by atoms with Gasteiger partial charge in [0.05, 0.1) is 11.9 Å². The summed E-state index contributed by atoms with van der Waals surface area (Å²) >= 11 is 0. The van der Waals surface area contributed by atoms with Gasteiger partial charge in [-0.1, -0.05) is 27.7 Å². The lowest BCUT2D eigenvalue weighted by molar-refractivity contribution is 0.191. The van der Waals surface area contributed by atoms with Crippen molar-refractivity contribution in [3.8, 4) is 0 Å². The molecular formula is C12H26N2O2S. The van der Waals surface area contributed by atoms with Gasteiger partial charge in [0.2, 0.25) is 10.0 Å². The van der Waals surface area contributed by atoms with Crippen LogP contribution in [0.1, 0.15) is 47.0 Å². The van der Waals surface area contributed by atoms with Gasteiger partial charge in [0.1, 0.15) is 0 Å². The summed E-state index contributed by atoms with van der Waals surface area (Å²) in [6.07, 6.45) is 2.27. The Morgan fingerprint density at radius 3 is 2.47 bits per heavy atom. The van der Waals surface area contributed by atoms with Crippen LogP contribution in [0, 0.1) is 11.3 Å². The fraction of sp³-hybridized carbons (Fsp3) is 1.00. The molecule has 0 aliphatic carbocycles. The van der Waals surface area contributed by atoms with Crippen LogP contribution in [0.15, 0.2) is 0 Å². The lowest BCUT2D eigenvalue weighted by Crippen LogP contribution is -2.53. The van der Waals surface area contributed by atoms with Crippen molar-refractivity contribution in [2.75, 3.05) is 12.3 Å². The van der Waals surface area contributed by atoms with Gasteiger partial charge in [0.25, 0.3) is 0 Å². The smallest absolute Gasteiger partial charge is 0.215 e. The zero-order chi connectivity index (χ0) is 13.3. The first-order valence-electron chi connectivity index (χ1n) is 6.38. The molecule has 0 saturated carbocycles. The zero-order valence-electron chi connectivity index (χ0n) is 11.4. The summed E-state index contributed by atoms with van der Waals surface area (Å²) in [5, 5.41) is 0. The van der Waals surface area contributed by atoms with Crippen LogP contribution < -0.4 is 5.73 Å². The number of sulfonamides is 1. The van der Waals surface area contributed by atoms with Crippen LogP contribution in [0.3, 0.4) is 0 Å². The van der Waals surface area contributed by atoms with Crippen molar-refractivity contribution in [3.05, 3.63) is 0 Å². The van der Waals surface area contributed by atoms with Crippen molar-refractivity contribution in [1.29, 1.82) is 0 Å². The van der Waals surface area contributed by atoms with Gasteiger partial charge >= 0.3 is 0 Å². The van der Waals surface area contributed by atoms with Crippen LogP contribution in [0.25, 0.3) is 0 Å².